The van der Waals surface area contributed by atoms with Crippen molar-refractivity contribution >= 4 is 35.8 Å². The van der Waals surface area contributed by atoms with Crippen LogP contribution in [0.4, 0.5) is 0 Å². The number of guanidine groups is 1. The maximum absolute atomic E-state index is 11.8. The molecular weight excluding hydrogens is 505 g/mol. The second-order valence-electron chi connectivity index (χ2n) is 7.62. The Labute approximate surface area is 202 Å². The van der Waals surface area contributed by atoms with Gasteiger partial charge in [0.1, 0.15) is 11.5 Å². The lowest BCUT2D eigenvalue weighted by Gasteiger charge is -2.26. The molecular formula is C23H34IN5O2. The van der Waals surface area contributed by atoms with Crippen molar-refractivity contribution in [3.05, 3.63) is 59.0 Å². The van der Waals surface area contributed by atoms with Crippen LogP contribution >= 0.6 is 24.0 Å². The molecule has 0 bridgehead atoms. The average molecular weight is 539 g/mol. The highest BCUT2D eigenvalue weighted by Gasteiger charge is 2.26. The number of rotatable bonds is 8. The largest absolute Gasteiger partial charge is 0.465 e. The van der Waals surface area contributed by atoms with Gasteiger partial charge < -0.3 is 20.4 Å². The van der Waals surface area contributed by atoms with E-state index < -0.39 is 0 Å². The van der Waals surface area contributed by atoms with Crippen LogP contribution in [0.25, 0.3) is 0 Å². The number of furan rings is 1. The van der Waals surface area contributed by atoms with Crippen LogP contribution in [0, 0.1) is 6.92 Å². The molecule has 1 saturated heterocycles. The van der Waals surface area contributed by atoms with E-state index in [9.17, 15) is 4.79 Å². The zero-order valence-corrected chi connectivity index (χ0v) is 20.9. The number of carbonyl (C=O) groups excluding carboxylic acids is 1. The van der Waals surface area contributed by atoms with Gasteiger partial charge in [0.25, 0.3) is 5.91 Å². The first-order valence-electron chi connectivity index (χ1n) is 10.7. The molecule has 1 unspecified atom stereocenters. The van der Waals surface area contributed by atoms with Crippen LogP contribution in [0.15, 0.2) is 45.8 Å². The lowest BCUT2D eigenvalue weighted by Crippen LogP contribution is -2.43. The summed E-state index contributed by atoms with van der Waals surface area (Å²) in [5, 5.41) is 9.49. The fraction of sp³-hybridized carbons (Fsp3) is 0.478. The second-order valence-corrected chi connectivity index (χ2v) is 7.62. The third-order valence-corrected chi connectivity index (χ3v) is 5.48. The van der Waals surface area contributed by atoms with Crippen molar-refractivity contribution < 1.29 is 9.21 Å². The quantitative estimate of drug-likeness (QED) is 0.273. The molecule has 31 heavy (non-hydrogen) atoms. The number of amides is 1. The Hall–Kier alpha value is -2.07. The number of hydrogen-bond acceptors (Lipinski definition) is 4. The van der Waals surface area contributed by atoms with Gasteiger partial charge in [-0.05, 0) is 69.1 Å². The summed E-state index contributed by atoms with van der Waals surface area (Å²) in [4.78, 5) is 18.6. The molecule has 1 fully saturated rings. The zero-order chi connectivity index (χ0) is 21.3. The van der Waals surface area contributed by atoms with Gasteiger partial charge in [0.05, 0.1) is 6.04 Å². The molecule has 3 rings (SSSR count). The molecule has 0 aliphatic carbocycles. The molecule has 1 atom stereocenters. The van der Waals surface area contributed by atoms with Gasteiger partial charge in [0.15, 0.2) is 5.96 Å². The van der Waals surface area contributed by atoms with Gasteiger partial charge in [0, 0.05) is 32.7 Å². The minimum Gasteiger partial charge on any atom is -0.465 e. The van der Waals surface area contributed by atoms with Gasteiger partial charge >= 0.3 is 0 Å². The average Bonchev–Trinajstić information content (AvgIpc) is 3.44. The molecule has 1 amide bonds. The van der Waals surface area contributed by atoms with Gasteiger partial charge in [-0.25, -0.2) is 0 Å². The standard InChI is InChI=1S/C23H33N5O2.HI/c1-17-9-10-21(30-17)20(28-13-4-5-14-28)16-27-23(25-3)26-12-11-18-7-6-8-19(15-18)22(29)24-2;/h6-10,15,20H,4-5,11-14,16H2,1-3H3,(H,24,29)(H2,25,26,27);1H. The highest BCUT2D eigenvalue weighted by atomic mass is 127. The van der Waals surface area contributed by atoms with Crippen molar-refractivity contribution in [2.24, 2.45) is 4.99 Å². The summed E-state index contributed by atoms with van der Waals surface area (Å²) < 4.78 is 5.93. The number of carbonyl (C=O) groups is 1. The first-order chi connectivity index (χ1) is 14.6. The highest BCUT2D eigenvalue weighted by molar-refractivity contribution is 14.0. The van der Waals surface area contributed by atoms with Gasteiger partial charge in [-0.15, -0.1) is 24.0 Å². The second kappa shape index (κ2) is 12.7. The maximum Gasteiger partial charge on any atom is 0.251 e. The summed E-state index contributed by atoms with van der Waals surface area (Å²) in [5.74, 6) is 2.65. The summed E-state index contributed by atoms with van der Waals surface area (Å²) in [6, 6.07) is 12.0. The zero-order valence-electron chi connectivity index (χ0n) is 18.6. The van der Waals surface area contributed by atoms with E-state index in [-0.39, 0.29) is 35.9 Å². The predicted octanol–water partition coefficient (Wildman–Crippen LogP) is 3.11. The number of benzene rings is 1. The van der Waals surface area contributed by atoms with E-state index in [2.05, 4.69) is 31.9 Å². The predicted molar refractivity (Wildman–Crippen MR) is 135 cm³/mol. The summed E-state index contributed by atoms with van der Waals surface area (Å²) in [5.41, 5.74) is 1.79. The number of aryl methyl sites for hydroxylation is 1. The number of aliphatic imine (C=N–C) groups is 1. The number of halogens is 1. The van der Waals surface area contributed by atoms with Gasteiger partial charge in [-0.2, -0.15) is 0 Å². The van der Waals surface area contributed by atoms with Crippen LogP contribution in [0.2, 0.25) is 0 Å². The van der Waals surface area contributed by atoms with E-state index in [0.29, 0.717) is 5.56 Å². The fourth-order valence-electron chi connectivity index (χ4n) is 3.85. The van der Waals surface area contributed by atoms with E-state index in [4.69, 9.17) is 4.42 Å². The summed E-state index contributed by atoms with van der Waals surface area (Å²) >= 11 is 0. The monoisotopic (exact) mass is 539 g/mol. The molecule has 0 radical (unpaired) electrons. The molecule has 1 aromatic heterocycles. The Morgan fingerprint density at radius 1 is 1.19 bits per heavy atom. The fourth-order valence-corrected chi connectivity index (χ4v) is 3.85. The van der Waals surface area contributed by atoms with E-state index in [0.717, 1.165) is 55.6 Å². The smallest absolute Gasteiger partial charge is 0.251 e. The highest BCUT2D eigenvalue weighted by Crippen LogP contribution is 2.26. The van der Waals surface area contributed by atoms with Crippen LogP contribution < -0.4 is 16.0 Å². The molecule has 2 heterocycles. The molecule has 8 heteroatoms. The summed E-state index contributed by atoms with van der Waals surface area (Å²) in [6.45, 7) is 5.64. The molecule has 3 N–H and O–H groups in total. The van der Waals surface area contributed by atoms with Crippen LogP contribution in [0.3, 0.4) is 0 Å². The minimum atomic E-state index is -0.0663. The van der Waals surface area contributed by atoms with E-state index in [1.54, 1.807) is 14.1 Å². The Balaban J connectivity index is 0.00000341. The van der Waals surface area contributed by atoms with Crippen molar-refractivity contribution in [1.82, 2.24) is 20.9 Å². The first kappa shape index (κ1) is 25.2. The van der Waals surface area contributed by atoms with Crippen LogP contribution in [0.1, 0.15) is 46.3 Å². The number of likely N-dealkylation sites (tertiary alicyclic amines) is 1. The third-order valence-electron chi connectivity index (χ3n) is 5.48. The lowest BCUT2D eigenvalue weighted by atomic mass is 10.1. The van der Waals surface area contributed by atoms with Crippen molar-refractivity contribution in [1.29, 1.82) is 0 Å². The van der Waals surface area contributed by atoms with Crippen LogP contribution in [-0.2, 0) is 6.42 Å². The normalized spacial score (nSPS) is 15.3. The maximum atomic E-state index is 11.8. The molecule has 0 saturated carbocycles. The Morgan fingerprint density at radius 3 is 2.61 bits per heavy atom. The molecule has 7 nitrogen and oxygen atoms in total. The van der Waals surface area contributed by atoms with Gasteiger partial charge in [0.2, 0.25) is 0 Å². The first-order valence-corrected chi connectivity index (χ1v) is 10.7. The number of nitrogens with zero attached hydrogens (tertiary/aromatic N) is 2. The van der Waals surface area contributed by atoms with Crippen molar-refractivity contribution in [2.45, 2.75) is 32.2 Å². The van der Waals surface area contributed by atoms with Crippen LogP contribution in [0.5, 0.6) is 0 Å². The summed E-state index contributed by atoms with van der Waals surface area (Å²) in [6.07, 6.45) is 3.27. The lowest BCUT2D eigenvalue weighted by molar-refractivity contribution is 0.0963. The number of nitrogens with one attached hydrogen (secondary N) is 3. The summed E-state index contributed by atoms with van der Waals surface area (Å²) in [7, 11) is 3.43. The van der Waals surface area contributed by atoms with Crippen molar-refractivity contribution in [3.8, 4) is 0 Å². The Kier molecular flexibility index (Phi) is 10.3. The van der Waals surface area contributed by atoms with E-state index >= 15 is 0 Å². The Bertz CT molecular complexity index is 861. The topological polar surface area (TPSA) is 81.9 Å². The van der Waals surface area contributed by atoms with Crippen LogP contribution in [-0.4, -0.2) is 57.0 Å². The van der Waals surface area contributed by atoms with Gasteiger partial charge in [-0.1, -0.05) is 12.1 Å². The molecule has 2 aromatic rings. The SMILES string of the molecule is CN=C(NCCc1cccc(C(=O)NC)c1)NCC(c1ccc(C)o1)N1CCCC1.I. The van der Waals surface area contributed by atoms with E-state index in [1.807, 2.05) is 37.3 Å². The Morgan fingerprint density at radius 2 is 1.97 bits per heavy atom. The van der Waals surface area contributed by atoms with Gasteiger partial charge in [-0.3, -0.25) is 14.7 Å². The van der Waals surface area contributed by atoms with Crippen molar-refractivity contribution in [3.63, 3.8) is 0 Å². The molecule has 1 aromatic carbocycles. The molecule has 170 valence electrons. The van der Waals surface area contributed by atoms with Crippen molar-refractivity contribution in [2.75, 3.05) is 40.3 Å². The number of hydrogen-bond donors (Lipinski definition) is 3. The molecule has 1 aliphatic rings. The third kappa shape index (κ3) is 7.24. The van der Waals surface area contributed by atoms with E-state index in [1.165, 1.54) is 12.8 Å². The molecule has 0 spiro atoms. The molecule has 1 aliphatic heterocycles. The minimum absolute atomic E-state index is 0.